The summed E-state index contributed by atoms with van der Waals surface area (Å²) in [4.78, 5) is 0. The normalized spacial score (nSPS) is 13.7. The van der Waals surface area contributed by atoms with Crippen LogP contribution in [0.1, 0.15) is 31.9 Å². The van der Waals surface area contributed by atoms with Gasteiger partial charge in [-0.1, -0.05) is 37.3 Å². The summed E-state index contributed by atoms with van der Waals surface area (Å²) < 4.78 is 5.46. The number of fused-ring (bicyclic) bond motifs is 1. The highest BCUT2D eigenvalue weighted by Gasteiger charge is 2.20. The van der Waals surface area contributed by atoms with Gasteiger partial charge in [0.2, 0.25) is 0 Å². The molecule has 0 aliphatic heterocycles. The minimum atomic E-state index is -0.369. The molecule has 0 saturated heterocycles. The average molecular weight is 268 g/mol. The quantitative estimate of drug-likeness (QED) is 0.897. The van der Waals surface area contributed by atoms with E-state index in [-0.39, 0.29) is 12.1 Å². The van der Waals surface area contributed by atoms with Crippen LogP contribution in [-0.4, -0.2) is 13.2 Å². The molecule has 0 saturated carbocycles. The molecule has 3 nitrogen and oxygen atoms in total. The van der Waals surface area contributed by atoms with Crippen LogP contribution in [-0.2, 0) is 0 Å². The van der Waals surface area contributed by atoms with Crippen molar-refractivity contribution in [2.24, 2.45) is 0 Å². The Labute approximate surface area is 120 Å². The van der Waals surface area contributed by atoms with Crippen molar-refractivity contribution < 1.29 is 4.74 Å². The van der Waals surface area contributed by atoms with Gasteiger partial charge in [0, 0.05) is 11.6 Å². The Morgan fingerprint density at radius 3 is 2.65 bits per heavy atom. The second-order valence-corrected chi connectivity index (χ2v) is 4.94. The van der Waals surface area contributed by atoms with Crippen LogP contribution in [0.15, 0.2) is 36.4 Å². The number of hydrogen-bond acceptors (Lipinski definition) is 3. The van der Waals surface area contributed by atoms with E-state index in [0.717, 1.165) is 28.5 Å². The molecular formula is C17H20N2O. The summed E-state index contributed by atoms with van der Waals surface area (Å²) in [5.74, 6) is 0.756. The average Bonchev–Trinajstić information content (AvgIpc) is 2.51. The molecule has 3 heteroatoms. The number of nitrogens with one attached hydrogen (secondary N) is 1. The van der Waals surface area contributed by atoms with Crippen molar-refractivity contribution in [1.29, 1.82) is 5.26 Å². The van der Waals surface area contributed by atoms with Crippen molar-refractivity contribution in [3.63, 3.8) is 0 Å². The van der Waals surface area contributed by atoms with Gasteiger partial charge >= 0.3 is 0 Å². The van der Waals surface area contributed by atoms with Crippen LogP contribution in [0.5, 0.6) is 5.75 Å². The highest BCUT2D eigenvalue weighted by atomic mass is 16.5. The van der Waals surface area contributed by atoms with Gasteiger partial charge in [-0.15, -0.1) is 0 Å². The lowest BCUT2D eigenvalue weighted by atomic mass is 9.97. The number of nitriles is 1. The maximum Gasteiger partial charge on any atom is 0.125 e. The molecule has 0 heterocycles. The topological polar surface area (TPSA) is 45.0 Å². The summed E-state index contributed by atoms with van der Waals surface area (Å²) in [7, 11) is 1.64. The van der Waals surface area contributed by atoms with Gasteiger partial charge in [0.15, 0.2) is 0 Å². The molecule has 2 aromatic carbocycles. The summed E-state index contributed by atoms with van der Waals surface area (Å²) >= 11 is 0. The maximum atomic E-state index is 9.54. The van der Waals surface area contributed by atoms with Crippen molar-refractivity contribution in [2.75, 3.05) is 7.11 Å². The molecular weight excluding hydrogens is 248 g/mol. The maximum absolute atomic E-state index is 9.54. The van der Waals surface area contributed by atoms with Gasteiger partial charge in [-0.05, 0) is 30.2 Å². The third kappa shape index (κ3) is 2.76. The van der Waals surface area contributed by atoms with Crippen LogP contribution >= 0.6 is 0 Å². The minimum absolute atomic E-state index is 0.281. The highest BCUT2D eigenvalue weighted by Crippen LogP contribution is 2.33. The van der Waals surface area contributed by atoms with Gasteiger partial charge in [-0.2, -0.15) is 5.26 Å². The second kappa shape index (κ2) is 6.40. The molecule has 0 aromatic heterocycles. The van der Waals surface area contributed by atoms with Gasteiger partial charge in [0.25, 0.3) is 0 Å². The van der Waals surface area contributed by atoms with Crippen molar-refractivity contribution in [2.45, 2.75) is 32.4 Å². The molecule has 2 aromatic rings. The molecule has 0 spiro atoms. The predicted molar refractivity (Wildman–Crippen MR) is 81.7 cm³/mol. The summed E-state index contributed by atoms with van der Waals surface area (Å²) in [6.07, 6.45) is 0.977. The van der Waals surface area contributed by atoms with Gasteiger partial charge in [0.05, 0.1) is 13.2 Å². The Bertz CT molecular complexity index is 630. The Kier molecular flexibility index (Phi) is 4.60. The first-order valence-corrected chi connectivity index (χ1v) is 6.92. The Hall–Kier alpha value is -2.05. The molecule has 0 aliphatic carbocycles. The fraction of sp³-hybridized carbons (Fsp3) is 0.353. The monoisotopic (exact) mass is 268 g/mol. The van der Waals surface area contributed by atoms with Crippen LogP contribution in [0.2, 0.25) is 0 Å². The van der Waals surface area contributed by atoms with Crippen LogP contribution in [0, 0.1) is 11.3 Å². The van der Waals surface area contributed by atoms with Gasteiger partial charge in [-0.3, -0.25) is 5.32 Å². The Morgan fingerprint density at radius 2 is 2.00 bits per heavy atom. The zero-order valence-electron chi connectivity index (χ0n) is 12.2. The van der Waals surface area contributed by atoms with Crippen LogP contribution in [0.25, 0.3) is 10.8 Å². The van der Waals surface area contributed by atoms with Crippen molar-refractivity contribution in [3.05, 3.63) is 42.0 Å². The fourth-order valence-corrected chi connectivity index (χ4v) is 2.34. The molecule has 0 bridgehead atoms. The Balaban J connectivity index is 2.57. The van der Waals surface area contributed by atoms with Crippen molar-refractivity contribution >= 4 is 10.8 Å². The van der Waals surface area contributed by atoms with E-state index < -0.39 is 0 Å². The molecule has 0 aliphatic rings. The molecule has 20 heavy (non-hydrogen) atoms. The first-order valence-electron chi connectivity index (χ1n) is 6.92. The van der Waals surface area contributed by atoms with Crippen molar-refractivity contribution in [1.82, 2.24) is 5.32 Å². The van der Waals surface area contributed by atoms with E-state index in [1.54, 1.807) is 7.11 Å². The molecule has 2 atom stereocenters. The molecule has 0 amide bonds. The zero-order valence-corrected chi connectivity index (χ0v) is 12.2. The molecule has 1 N–H and O–H groups in total. The van der Waals surface area contributed by atoms with E-state index in [4.69, 9.17) is 4.74 Å². The number of nitrogens with zero attached hydrogens (tertiary/aromatic N) is 1. The van der Waals surface area contributed by atoms with E-state index in [1.165, 1.54) is 0 Å². The number of rotatable bonds is 5. The van der Waals surface area contributed by atoms with E-state index in [0.29, 0.717) is 0 Å². The van der Waals surface area contributed by atoms with E-state index in [9.17, 15) is 5.26 Å². The SMILES string of the molecule is CCC(C)NC(C#N)c1c(OC)ccc2ccccc12. The van der Waals surface area contributed by atoms with Gasteiger partial charge in [0.1, 0.15) is 11.8 Å². The van der Waals surface area contributed by atoms with E-state index in [1.807, 2.05) is 30.3 Å². The molecule has 0 radical (unpaired) electrons. The zero-order chi connectivity index (χ0) is 14.5. The molecule has 0 fully saturated rings. The lowest BCUT2D eigenvalue weighted by Crippen LogP contribution is -2.29. The lowest BCUT2D eigenvalue weighted by molar-refractivity contribution is 0.402. The third-order valence-corrected chi connectivity index (χ3v) is 3.63. The molecule has 2 rings (SSSR count). The number of hydrogen-bond donors (Lipinski definition) is 1. The van der Waals surface area contributed by atoms with E-state index in [2.05, 4.69) is 31.3 Å². The third-order valence-electron chi connectivity index (χ3n) is 3.63. The fourth-order valence-electron chi connectivity index (χ4n) is 2.34. The smallest absolute Gasteiger partial charge is 0.125 e. The minimum Gasteiger partial charge on any atom is -0.496 e. The largest absolute Gasteiger partial charge is 0.496 e. The van der Waals surface area contributed by atoms with Crippen LogP contribution < -0.4 is 10.1 Å². The second-order valence-electron chi connectivity index (χ2n) is 4.94. The summed E-state index contributed by atoms with van der Waals surface area (Å²) in [5, 5.41) is 15.1. The summed E-state index contributed by atoms with van der Waals surface area (Å²) in [6, 6.07) is 14.3. The van der Waals surface area contributed by atoms with Crippen LogP contribution in [0.4, 0.5) is 0 Å². The predicted octanol–water partition coefficient (Wildman–Crippen LogP) is 3.80. The summed E-state index contributed by atoms with van der Waals surface area (Å²) in [6.45, 7) is 4.19. The van der Waals surface area contributed by atoms with E-state index >= 15 is 0 Å². The van der Waals surface area contributed by atoms with Crippen LogP contribution in [0.3, 0.4) is 0 Å². The highest BCUT2D eigenvalue weighted by molar-refractivity contribution is 5.88. The van der Waals surface area contributed by atoms with Crippen molar-refractivity contribution in [3.8, 4) is 11.8 Å². The van der Waals surface area contributed by atoms with Gasteiger partial charge < -0.3 is 4.74 Å². The first-order chi connectivity index (χ1) is 9.71. The standard InChI is InChI=1S/C17H20N2O/c1-4-12(2)19-15(11-18)17-14-8-6-5-7-13(14)9-10-16(17)20-3/h5-10,12,15,19H,4H2,1-3H3. The number of methoxy groups -OCH3 is 1. The van der Waals surface area contributed by atoms with Gasteiger partial charge in [-0.25, -0.2) is 0 Å². The molecule has 104 valence electrons. The lowest BCUT2D eigenvalue weighted by Gasteiger charge is -2.21. The number of ether oxygens (including phenoxy) is 1. The Morgan fingerprint density at radius 1 is 1.25 bits per heavy atom. The molecule has 2 unspecified atom stereocenters. The number of benzene rings is 2. The summed E-state index contributed by atoms with van der Waals surface area (Å²) in [5.41, 5.74) is 0.924. The first kappa shape index (κ1) is 14.4.